The third-order valence-corrected chi connectivity index (χ3v) is 1.80. The zero-order valence-electron chi connectivity index (χ0n) is 6.66. The van der Waals surface area contributed by atoms with Crippen LogP contribution in [0.2, 0.25) is 0 Å². The third-order valence-electron chi connectivity index (χ3n) is 1.80. The fourth-order valence-electron chi connectivity index (χ4n) is 1.06. The first kappa shape index (κ1) is 7.98. The van der Waals surface area contributed by atoms with Crippen LogP contribution in [-0.4, -0.2) is 17.3 Å². The van der Waals surface area contributed by atoms with Gasteiger partial charge in [0.15, 0.2) is 11.5 Å². The van der Waals surface area contributed by atoms with Gasteiger partial charge in [0, 0.05) is 5.92 Å². The zero-order chi connectivity index (χ0) is 8.43. The lowest BCUT2D eigenvalue weighted by atomic mass is 9.99. The van der Waals surface area contributed by atoms with Crippen molar-refractivity contribution in [3.05, 3.63) is 23.4 Å². The van der Waals surface area contributed by atoms with Gasteiger partial charge >= 0.3 is 0 Å². The summed E-state index contributed by atoms with van der Waals surface area (Å²) in [6.07, 6.45) is 2.30. The average molecular weight is 156 g/mol. The van der Waals surface area contributed by atoms with Gasteiger partial charge in [-0.15, -0.1) is 0 Å². The summed E-state index contributed by atoms with van der Waals surface area (Å²) in [6.45, 7) is 1.87. The Morgan fingerprint density at radius 1 is 1.55 bits per heavy atom. The summed E-state index contributed by atoms with van der Waals surface area (Å²) >= 11 is 0. The molecular weight excluding hydrogens is 144 g/mol. The molecular formula is C8H12O3. The van der Waals surface area contributed by atoms with Crippen molar-refractivity contribution in [2.24, 2.45) is 5.92 Å². The minimum Gasteiger partial charge on any atom is -0.508 e. The van der Waals surface area contributed by atoms with E-state index in [9.17, 15) is 10.2 Å². The fourth-order valence-corrected chi connectivity index (χ4v) is 1.06. The Balaban J connectivity index is 2.95. The third kappa shape index (κ3) is 1.31. The molecule has 0 aromatic rings. The molecule has 3 heteroatoms. The zero-order valence-corrected chi connectivity index (χ0v) is 6.66. The summed E-state index contributed by atoms with van der Waals surface area (Å²) < 4.78 is 4.80. The van der Waals surface area contributed by atoms with E-state index in [4.69, 9.17) is 4.74 Å². The highest BCUT2D eigenvalue weighted by Gasteiger charge is 2.21. The van der Waals surface area contributed by atoms with Gasteiger partial charge in [-0.05, 0) is 12.5 Å². The minimum atomic E-state index is 0.0306. The fraction of sp³-hybridized carbons (Fsp3) is 0.500. The Morgan fingerprint density at radius 3 is 2.64 bits per heavy atom. The van der Waals surface area contributed by atoms with E-state index < -0.39 is 0 Å². The topological polar surface area (TPSA) is 49.7 Å². The second kappa shape index (κ2) is 2.86. The molecule has 0 bridgehead atoms. The number of aliphatic hydroxyl groups excluding tert-OH is 2. The van der Waals surface area contributed by atoms with Gasteiger partial charge in [-0.2, -0.15) is 0 Å². The molecule has 3 nitrogen and oxygen atoms in total. The highest BCUT2D eigenvalue weighted by molar-refractivity contribution is 5.27. The van der Waals surface area contributed by atoms with Gasteiger partial charge in [0.1, 0.15) is 5.76 Å². The molecule has 62 valence electrons. The summed E-state index contributed by atoms with van der Waals surface area (Å²) in [5.41, 5.74) is 0. The molecule has 0 aromatic heterocycles. The van der Waals surface area contributed by atoms with Crippen molar-refractivity contribution in [2.45, 2.75) is 13.3 Å². The lowest BCUT2D eigenvalue weighted by Crippen LogP contribution is -2.10. The van der Waals surface area contributed by atoms with Crippen molar-refractivity contribution >= 4 is 0 Å². The van der Waals surface area contributed by atoms with Crippen molar-refractivity contribution in [3.8, 4) is 0 Å². The van der Waals surface area contributed by atoms with E-state index in [1.54, 1.807) is 6.08 Å². The number of rotatable bonds is 1. The molecule has 11 heavy (non-hydrogen) atoms. The van der Waals surface area contributed by atoms with E-state index >= 15 is 0 Å². The van der Waals surface area contributed by atoms with Crippen LogP contribution in [0.5, 0.6) is 0 Å². The highest BCUT2D eigenvalue weighted by Crippen LogP contribution is 2.26. The Bertz CT molecular complexity index is 215. The minimum absolute atomic E-state index is 0.0306. The molecule has 1 aliphatic rings. The van der Waals surface area contributed by atoms with Crippen LogP contribution in [0.25, 0.3) is 0 Å². The summed E-state index contributed by atoms with van der Waals surface area (Å²) in [4.78, 5) is 0. The average Bonchev–Trinajstić information content (AvgIpc) is 1.99. The molecule has 1 unspecified atom stereocenters. The maximum Gasteiger partial charge on any atom is 0.198 e. The van der Waals surface area contributed by atoms with Crippen molar-refractivity contribution in [1.82, 2.24) is 0 Å². The second-order valence-electron chi connectivity index (χ2n) is 2.64. The van der Waals surface area contributed by atoms with E-state index in [1.807, 2.05) is 6.92 Å². The molecule has 2 N–H and O–H groups in total. The molecule has 1 rings (SSSR count). The summed E-state index contributed by atoms with van der Waals surface area (Å²) in [6, 6.07) is 0. The predicted octanol–water partition coefficient (Wildman–Crippen LogP) is 1.88. The largest absolute Gasteiger partial charge is 0.508 e. The molecule has 0 heterocycles. The van der Waals surface area contributed by atoms with Crippen LogP contribution in [-0.2, 0) is 4.74 Å². The standard InChI is InChI=1S/C8H12O3/c1-5-3-4-6(9)8(11-2)7(5)10/h4-5,9-10H,3H2,1-2H3. The van der Waals surface area contributed by atoms with Crippen LogP contribution in [0, 0.1) is 5.92 Å². The van der Waals surface area contributed by atoms with Crippen molar-refractivity contribution in [2.75, 3.05) is 7.11 Å². The Labute approximate surface area is 65.6 Å². The predicted molar refractivity (Wildman–Crippen MR) is 41.2 cm³/mol. The van der Waals surface area contributed by atoms with Gasteiger partial charge in [0.05, 0.1) is 7.11 Å². The van der Waals surface area contributed by atoms with E-state index in [1.165, 1.54) is 7.11 Å². The van der Waals surface area contributed by atoms with Gasteiger partial charge < -0.3 is 14.9 Å². The second-order valence-corrected chi connectivity index (χ2v) is 2.64. The number of allylic oxidation sites excluding steroid dienone is 2. The number of aliphatic hydroxyl groups is 2. The lowest BCUT2D eigenvalue weighted by molar-refractivity contribution is 0.202. The van der Waals surface area contributed by atoms with Gasteiger partial charge in [-0.25, -0.2) is 0 Å². The van der Waals surface area contributed by atoms with E-state index in [0.29, 0.717) is 6.42 Å². The van der Waals surface area contributed by atoms with E-state index in [2.05, 4.69) is 0 Å². The molecule has 0 saturated heterocycles. The van der Waals surface area contributed by atoms with Crippen molar-refractivity contribution < 1.29 is 14.9 Å². The van der Waals surface area contributed by atoms with Crippen LogP contribution in [0.4, 0.5) is 0 Å². The van der Waals surface area contributed by atoms with Crippen molar-refractivity contribution in [1.29, 1.82) is 0 Å². The summed E-state index contributed by atoms with van der Waals surface area (Å²) in [5, 5.41) is 18.5. The molecule has 0 amide bonds. The number of hydrogen-bond acceptors (Lipinski definition) is 3. The quantitative estimate of drug-likeness (QED) is 0.609. The molecule has 0 radical (unpaired) electrons. The van der Waals surface area contributed by atoms with Gasteiger partial charge in [-0.1, -0.05) is 6.92 Å². The van der Waals surface area contributed by atoms with Gasteiger partial charge in [0.2, 0.25) is 0 Å². The Morgan fingerprint density at radius 2 is 2.18 bits per heavy atom. The first-order chi connectivity index (χ1) is 5.16. The van der Waals surface area contributed by atoms with Gasteiger partial charge in [0.25, 0.3) is 0 Å². The van der Waals surface area contributed by atoms with Crippen molar-refractivity contribution in [3.63, 3.8) is 0 Å². The number of methoxy groups -OCH3 is 1. The van der Waals surface area contributed by atoms with Crippen LogP contribution >= 0.6 is 0 Å². The smallest absolute Gasteiger partial charge is 0.198 e. The first-order valence-corrected chi connectivity index (χ1v) is 3.53. The molecule has 0 fully saturated rings. The SMILES string of the molecule is COC1=C(O)C(C)CC=C1O. The van der Waals surface area contributed by atoms with Gasteiger partial charge in [-0.3, -0.25) is 0 Å². The Kier molecular flexibility index (Phi) is 2.08. The Hall–Kier alpha value is -1.12. The van der Waals surface area contributed by atoms with E-state index in [-0.39, 0.29) is 23.2 Å². The van der Waals surface area contributed by atoms with Crippen LogP contribution in [0.3, 0.4) is 0 Å². The molecule has 0 aromatic carbocycles. The highest BCUT2D eigenvalue weighted by atomic mass is 16.5. The molecule has 0 spiro atoms. The molecule has 1 atom stereocenters. The summed E-state index contributed by atoms with van der Waals surface area (Å²) in [7, 11) is 1.42. The number of ether oxygens (including phenoxy) is 1. The monoisotopic (exact) mass is 156 g/mol. The summed E-state index contributed by atoms with van der Waals surface area (Å²) in [5.74, 6) is 0.403. The van der Waals surface area contributed by atoms with Crippen LogP contribution in [0.1, 0.15) is 13.3 Å². The maximum atomic E-state index is 9.36. The molecule has 0 saturated carbocycles. The van der Waals surface area contributed by atoms with E-state index in [0.717, 1.165) is 0 Å². The first-order valence-electron chi connectivity index (χ1n) is 3.53. The molecule has 0 aliphatic heterocycles. The van der Waals surface area contributed by atoms with Crippen LogP contribution in [0.15, 0.2) is 23.4 Å². The van der Waals surface area contributed by atoms with Crippen LogP contribution < -0.4 is 0 Å². The molecule has 1 aliphatic carbocycles. The number of hydrogen-bond donors (Lipinski definition) is 2. The normalized spacial score (nSPS) is 24.9. The maximum absolute atomic E-state index is 9.36. The lowest BCUT2D eigenvalue weighted by Gasteiger charge is -2.17.